The van der Waals surface area contributed by atoms with Crippen LogP contribution in [0.2, 0.25) is 0 Å². The predicted molar refractivity (Wildman–Crippen MR) is 36.9 cm³/mol. The lowest BCUT2D eigenvalue weighted by molar-refractivity contribution is -0.112. The molecule has 0 unspecified atom stereocenters. The van der Waals surface area contributed by atoms with Crippen LogP contribution in [0.15, 0.2) is 0 Å². The number of Topliss-reactive ketones (excluding diaryl/α,β-unsaturated/α-hetero) is 1. The highest BCUT2D eigenvalue weighted by atomic mass is 16.1. The maximum absolute atomic E-state index is 10.4. The lowest BCUT2D eigenvalue weighted by Crippen LogP contribution is -1.96. The molecular formula is C7H12NO. The molecule has 0 rings (SSSR count). The van der Waals surface area contributed by atoms with Crippen molar-refractivity contribution in [2.24, 2.45) is 0 Å². The minimum absolute atomic E-state index is 0.177. The van der Waals surface area contributed by atoms with Crippen LogP contribution < -0.4 is 0 Å². The van der Waals surface area contributed by atoms with Gasteiger partial charge in [0.2, 0.25) is 0 Å². The number of carbonyl (C=O) groups is 1. The fourth-order valence-electron chi connectivity index (χ4n) is 0.598. The van der Waals surface area contributed by atoms with Gasteiger partial charge in [-0.15, -0.1) is 0 Å². The van der Waals surface area contributed by atoms with Gasteiger partial charge in [0.1, 0.15) is 6.21 Å². The minimum atomic E-state index is -0.177. The number of hydrogen-bond acceptors (Lipinski definition) is 2. The average molecular weight is 126 g/mol. The topological polar surface area (TPSA) is 40.9 Å². The zero-order valence-electron chi connectivity index (χ0n) is 5.74. The Kier molecular flexibility index (Phi) is 5.07. The number of nitrogens with one attached hydrogen (secondary N) is 1. The van der Waals surface area contributed by atoms with E-state index in [-0.39, 0.29) is 5.78 Å². The first-order chi connectivity index (χ1) is 4.31. The van der Waals surface area contributed by atoms with Crippen molar-refractivity contribution in [1.82, 2.24) is 0 Å². The van der Waals surface area contributed by atoms with E-state index in [9.17, 15) is 4.79 Å². The third-order valence-electron chi connectivity index (χ3n) is 1.15. The number of carbonyl (C=O) groups excluding carboxylic acids is 1. The van der Waals surface area contributed by atoms with Crippen LogP contribution in [0.5, 0.6) is 0 Å². The van der Waals surface area contributed by atoms with Gasteiger partial charge in [0, 0.05) is 6.42 Å². The van der Waals surface area contributed by atoms with Crippen LogP contribution in [-0.2, 0) is 4.79 Å². The highest BCUT2D eigenvalue weighted by molar-refractivity contribution is 6.26. The number of hydrogen-bond donors (Lipinski definition) is 1. The summed E-state index contributed by atoms with van der Waals surface area (Å²) in [5.41, 5.74) is 0. The molecule has 0 aliphatic rings. The van der Waals surface area contributed by atoms with Crippen molar-refractivity contribution in [2.45, 2.75) is 32.6 Å². The Balaban J connectivity index is 3.07. The molecule has 0 amide bonds. The standard InChI is InChI=1S/C7H12NO/c1-2-3-4-5-7(9)6-8/h8H,2-5H2,1H3. The minimum Gasteiger partial charge on any atom is -0.295 e. The molecule has 0 heterocycles. The summed E-state index contributed by atoms with van der Waals surface area (Å²) < 4.78 is 0. The molecule has 0 aliphatic carbocycles. The molecule has 0 saturated heterocycles. The monoisotopic (exact) mass is 126 g/mol. The highest BCUT2D eigenvalue weighted by Crippen LogP contribution is 1.97. The van der Waals surface area contributed by atoms with Crippen LogP contribution in [0, 0.1) is 5.41 Å². The van der Waals surface area contributed by atoms with Crippen LogP contribution >= 0.6 is 0 Å². The smallest absolute Gasteiger partial charge is 0.182 e. The highest BCUT2D eigenvalue weighted by Gasteiger charge is 1.94. The van der Waals surface area contributed by atoms with Crippen LogP contribution in [0.4, 0.5) is 0 Å². The van der Waals surface area contributed by atoms with E-state index >= 15 is 0 Å². The second kappa shape index (κ2) is 5.48. The first kappa shape index (κ1) is 8.34. The molecule has 2 nitrogen and oxygen atoms in total. The van der Waals surface area contributed by atoms with Crippen molar-refractivity contribution in [1.29, 1.82) is 5.41 Å². The first-order valence-corrected chi connectivity index (χ1v) is 3.26. The Morgan fingerprint density at radius 3 is 2.67 bits per heavy atom. The maximum atomic E-state index is 10.4. The molecule has 0 aromatic carbocycles. The van der Waals surface area contributed by atoms with Crippen LogP contribution in [0.3, 0.4) is 0 Å². The van der Waals surface area contributed by atoms with Crippen molar-refractivity contribution in [2.75, 3.05) is 0 Å². The van der Waals surface area contributed by atoms with E-state index in [0.717, 1.165) is 19.3 Å². The second-order valence-corrected chi connectivity index (χ2v) is 2.01. The van der Waals surface area contributed by atoms with E-state index in [1.54, 1.807) is 0 Å². The van der Waals surface area contributed by atoms with Gasteiger partial charge in [0.25, 0.3) is 0 Å². The van der Waals surface area contributed by atoms with Crippen molar-refractivity contribution in [3.8, 4) is 0 Å². The van der Waals surface area contributed by atoms with Crippen LogP contribution in [0.25, 0.3) is 0 Å². The van der Waals surface area contributed by atoms with E-state index in [2.05, 4.69) is 6.92 Å². The van der Waals surface area contributed by atoms with Crippen LogP contribution in [0.1, 0.15) is 32.6 Å². The quantitative estimate of drug-likeness (QED) is 0.441. The molecule has 9 heavy (non-hydrogen) atoms. The lowest BCUT2D eigenvalue weighted by atomic mass is 10.1. The molecule has 2 heteroatoms. The van der Waals surface area contributed by atoms with Crippen molar-refractivity contribution < 1.29 is 4.79 Å². The van der Waals surface area contributed by atoms with Gasteiger partial charge < -0.3 is 0 Å². The molecular weight excluding hydrogens is 114 g/mol. The van der Waals surface area contributed by atoms with Gasteiger partial charge in [-0.1, -0.05) is 19.8 Å². The zero-order chi connectivity index (χ0) is 7.11. The molecule has 1 N–H and O–H groups in total. The summed E-state index contributed by atoms with van der Waals surface area (Å²) >= 11 is 0. The third-order valence-corrected chi connectivity index (χ3v) is 1.15. The molecule has 0 aliphatic heterocycles. The Morgan fingerprint density at radius 1 is 1.56 bits per heavy atom. The second-order valence-electron chi connectivity index (χ2n) is 2.01. The van der Waals surface area contributed by atoms with Gasteiger partial charge in [-0.05, 0) is 6.42 Å². The summed E-state index contributed by atoms with van der Waals surface area (Å²) in [6.07, 6.45) is 5.43. The van der Waals surface area contributed by atoms with Crippen molar-refractivity contribution in [3.05, 3.63) is 0 Å². The van der Waals surface area contributed by atoms with Gasteiger partial charge in [0.05, 0.1) is 0 Å². The number of rotatable bonds is 5. The molecule has 0 atom stereocenters. The van der Waals surface area contributed by atoms with Gasteiger partial charge in [-0.3, -0.25) is 10.2 Å². The van der Waals surface area contributed by atoms with Gasteiger partial charge in [0.15, 0.2) is 5.78 Å². The fraction of sp³-hybridized carbons (Fsp3) is 0.714. The van der Waals surface area contributed by atoms with E-state index in [0.29, 0.717) is 6.42 Å². The predicted octanol–water partition coefficient (Wildman–Crippen LogP) is 1.66. The zero-order valence-corrected chi connectivity index (χ0v) is 5.74. The number of unbranched alkanes of at least 4 members (excludes halogenated alkanes) is 2. The lowest BCUT2D eigenvalue weighted by Gasteiger charge is -1.90. The average Bonchev–Trinajstić information content (AvgIpc) is 1.89. The van der Waals surface area contributed by atoms with Gasteiger partial charge in [-0.25, -0.2) is 0 Å². The van der Waals surface area contributed by atoms with Gasteiger partial charge >= 0.3 is 0 Å². The molecule has 0 fully saturated rings. The van der Waals surface area contributed by atoms with E-state index in [1.165, 1.54) is 0 Å². The Hall–Kier alpha value is -0.660. The molecule has 0 aromatic heterocycles. The Labute approximate surface area is 55.8 Å². The SMILES string of the molecule is CCCCCC(=O)[C]=N. The van der Waals surface area contributed by atoms with E-state index in [1.807, 2.05) is 6.21 Å². The first-order valence-electron chi connectivity index (χ1n) is 3.26. The summed E-state index contributed by atoms with van der Waals surface area (Å²) in [6.45, 7) is 2.08. The number of ketones is 1. The van der Waals surface area contributed by atoms with E-state index in [4.69, 9.17) is 5.41 Å². The third kappa shape index (κ3) is 5.21. The summed E-state index contributed by atoms with van der Waals surface area (Å²) in [5, 5.41) is 6.44. The molecule has 0 bridgehead atoms. The molecule has 0 saturated carbocycles. The Morgan fingerprint density at radius 2 is 2.22 bits per heavy atom. The Bertz CT molecular complexity index is 99.1. The van der Waals surface area contributed by atoms with Gasteiger partial charge in [-0.2, -0.15) is 0 Å². The maximum Gasteiger partial charge on any atom is 0.182 e. The summed E-state index contributed by atoms with van der Waals surface area (Å²) in [4.78, 5) is 10.4. The summed E-state index contributed by atoms with van der Waals surface area (Å²) in [5.74, 6) is -0.177. The summed E-state index contributed by atoms with van der Waals surface area (Å²) in [6, 6.07) is 0. The van der Waals surface area contributed by atoms with Crippen molar-refractivity contribution in [3.63, 3.8) is 0 Å². The van der Waals surface area contributed by atoms with E-state index < -0.39 is 0 Å². The fourth-order valence-corrected chi connectivity index (χ4v) is 0.598. The molecule has 51 valence electrons. The molecule has 0 aromatic rings. The van der Waals surface area contributed by atoms with Crippen LogP contribution in [-0.4, -0.2) is 12.0 Å². The van der Waals surface area contributed by atoms with Crippen molar-refractivity contribution >= 4 is 12.0 Å². The largest absolute Gasteiger partial charge is 0.295 e. The molecule has 1 radical (unpaired) electrons. The normalized spacial score (nSPS) is 9.00. The molecule has 0 spiro atoms. The summed E-state index contributed by atoms with van der Waals surface area (Å²) in [7, 11) is 0.